The average molecular weight is 237 g/mol. The van der Waals surface area contributed by atoms with E-state index in [1.165, 1.54) is 30.4 Å². The molecule has 0 saturated heterocycles. The summed E-state index contributed by atoms with van der Waals surface area (Å²) in [7, 11) is 0. The topological polar surface area (TPSA) is 0 Å². The van der Waals surface area contributed by atoms with Gasteiger partial charge in [0.15, 0.2) is 0 Å². The summed E-state index contributed by atoms with van der Waals surface area (Å²) in [5.41, 5.74) is 3.00. The standard InChI is InChI=1S/C15H21Cl/c1-11(9-12(2)16)14-7-4-8-15(10-14)13-5-3-6-13/h4,7-8,10-13H,3,5-6,9H2,1-2H3. The molecule has 2 atom stereocenters. The second-order valence-corrected chi connectivity index (χ2v) is 5.96. The van der Waals surface area contributed by atoms with E-state index in [-0.39, 0.29) is 5.38 Å². The fraction of sp³-hybridized carbons (Fsp3) is 0.600. The van der Waals surface area contributed by atoms with Gasteiger partial charge in [0, 0.05) is 5.38 Å². The van der Waals surface area contributed by atoms with Crippen LogP contribution in [0, 0.1) is 0 Å². The molecule has 0 amide bonds. The van der Waals surface area contributed by atoms with E-state index in [1.54, 1.807) is 0 Å². The molecular formula is C15H21Cl. The third-order valence-corrected chi connectivity index (χ3v) is 3.91. The molecule has 1 fully saturated rings. The highest BCUT2D eigenvalue weighted by molar-refractivity contribution is 6.20. The van der Waals surface area contributed by atoms with Crippen molar-refractivity contribution in [1.29, 1.82) is 0 Å². The van der Waals surface area contributed by atoms with Gasteiger partial charge in [0.25, 0.3) is 0 Å². The second kappa shape index (κ2) is 5.23. The van der Waals surface area contributed by atoms with Crippen LogP contribution in [0.5, 0.6) is 0 Å². The van der Waals surface area contributed by atoms with Crippen molar-refractivity contribution in [2.45, 2.75) is 56.7 Å². The van der Waals surface area contributed by atoms with Gasteiger partial charge in [-0.25, -0.2) is 0 Å². The van der Waals surface area contributed by atoms with E-state index in [9.17, 15) is 0 Å². The summed E-state index contributed by atoms with van der Waals surface area (Å²) in [6, 6.07) is 9.13. The average Bonchev–Trinajstić information content (AvgIpc) is 2.14. The van der Waals surface area contributed by atoms with Crippen LogP contribution in [0.3, 0.4) is 0 Å². The van der Waals surface area contributed by atoms with Gasteiger partial charge in [-0.05, 0) is 49.1 Å². The van der Waals surface area contributed by atoms with Crippen molar-refractivity contribution in [3.05, 3.63) is 35.4 Å². The van der Waals surface area contributed by atoms with E-state index in [0.717, 1.165) is 12.3 Å². The van der Waals surface area contributed by atoms with Crippen LogP contribution >= 0.6 is 11.6 Å². The molecule has 16 heavy (non-hydrogen) atoms. The molecule has 2 rings (SSSR count). The molecule has 1 aromatic carbocycles. The molecule has 0 spiro atoms. The van der Waals surface area contributed by atoms with Gasteiger partial charge in [0.05, 0.1) is 0 Å². The summed E-state index contributed by atoms with van der Waals surface area (Å²) in [6.45, 7) is 4.35. The number of hydrogen-bond donors (Lipinski definition) is 0. The minimum Gasteiger partial charge on any atom is -0.123 e. The number of alkyl halides is 1. The summed E-state index contributed by atoms with van der Waals surface area (Å²) in [5, 5.41) is 0.266. The summed E-state index contributed by atoms with van der Waals surface area (Å²) in [6.07, 6.45) is 5.23. The number of halogens is 1. The zero-order valence-corrected chi connectivity index (χ0v) is 11.0. The minimum absolute atomic E-state index is 0.266. The summed E-state index contributed by atoms with van der Waals surface area (Å²) in [5.74, 6) is 1.41. The molecule has 0 radical (unpaired) electrons. The van der Waals surface area contributed by atoms with Gasteiger partial charge in [-0.1, -0.05) is 37.6 Å². The maximum absolute atomic E-state index is 6.06. The molecule has 0 bridgehead atoms. The monoisotopic (exact) mass is 236 g/mol. The highest BCUT2D eigenvalue weighted by atomic mass is 35.5. The third-order valence-electron chi connectivity index (χ3n) is 3.73. The first-order chi connectivity index (χ1) is 7.66. The predicted molar refractivity (Wildman–Crippen MR) is 71.4 cm³/mol. The van der Waals surface area contributed by atoms with Crippen molar-refractivity contribution < 1.29 is 0 Å². The lowest BCUT2D eigenvalue weighted by molar-refractivity contribution is 0.419. The maximum Gasteiger partial charge on any atom is 0.0313 e. The lowest BCUT2D eigenvalue weighted by Crippen LogP contribution is -2.09. The quantitative estimate of drug-likeness (QED) is 0.640. The van der Waals surface area contributed by atoms with Gasteiger partial charge in [-0.2, -0.15) is 0 Å². The third kappa shape index (κ3) is 2.79. The van der Waals surface area contributed by atoms with Crippen molar-refractivity contribution in [3.8, 4) is 0 Å². The molecule has 0 N–H and O–H groups in total. The molecule has 1 aromatic rings. The molecule has 1 aliphatic carbocycles. The van der Waals surface area contributed by atoms with Crippen molar-refractivity contribution in [3.63, 3.8) is 0 Å². The fourth-order valence-corrected chi connectivity index (χ4v) is 2.75. The SMILES string of the molecule is CC(Cl)CC(C)c1cccc(C2CCC2)c1. The number of hydrogen-bond acceptors (Lipinski definition) is 0. The zero-order chi connectivity index (χ0) is 11.5. The Hall–Kier alpha value is -0.490. The van der Waals surface area contributed by atoms with Gasteiger partial charge in [0.2, 0.25) is 0 Å². The van der Waals surface area contributed by atoms with Crippen molar-refractivity contribution in [1.82, 2.24) is 0 Å². The van der Waals surface area contributed by atoms with Crippen LogP contribution in [-0.4, -0.2) is 5.38 Å². The smallest absolute Gasteiger partial charge is 0.0313 e. The Morgan fingerprint density at radius 2 is 2.06 bits per heavy atom. The summed E-state index contributed by atoms with van der Waals surface area (Å²) in [4.78, 5) is 0. The van der Waals surface area contributed by atoms with Gasteiger partial charge >= 0.3 is 0 Å². The minimum atomic E-state index is 0.266. The molecule has 88 valence electrons. The Balaban J connectivity index is 2.08. The normalized spacial score (nSPS) is 20.2. The van der Waals surface area contributed by atoms with Crippen LogP contribution in [0.15, 0.2) is 24.3 Å². The molecular weight excluding hydrogens is 216 g/mol. The van der Waals surface area contributed by atoms with Gasteiger partial charge < -0.3 is 0 Å². The Morgan fingerprint density at radius 1 is 1.31 bits per heavy atom. The lowest BCUT2D eigenvalue weighted by atomic mass is 9.79. The molecule has 1 heteroatoms. The highest BCUT2D eigenvalue weighted by Gasteiger charge is 2.20. The Bertz CT molecular complexity index is 339. The van der Waals surface area contributed by atoms with Crippen LogP contribution in [-0.2, 0) is 0 Å². The van der Waals surface area contributed by atoms with E-state index in [0.29, 0.717) is 5.92 Å². The molecule has 1 aliphatic rings. The first-order valence-corrected chi connectivity index (χ1v) is 6.84. The molecule has 0 nitrogen and oxygen atoms in total. The van der Waals surface area contributed by atoms with Gasteiger partial charge in [-0.3, -0.25) is 0 Å². The van der Waals surface area contributed by atoms with E-state index >= 15 is 0 Å². The van der Waals surface area contributed by atoms with Crippen LogP contribution < -0.4 is 0 Å². The highest BCUT2D eigenvalue weighted by Crippen LogP contribution is 2.37. The lowest BCUT2D eigenvalue weighted by Gasteiger charge is -2.26. The largest absolute Gasteiger partial charge is 0.123 e. The summed E-state index contributed by atoms with van der Waals surface area (Å²) >= 11 is 6.06. The molecule has 1 saturated carbocycles. The van der Waals surface area contributed by atoms with E-state index < -0.39 is 0 Å². The molecule has 2 unspecified atom stereocenters. The number of benzene rings is 1. The van der Waals surface area contributed by atoms with E-state index in [1.807, 2.05) is 0 Å². The van der Waals surface area contributed by atoms with Gasteiger partial charge in [0.1, 0.15) is 0 Å². The molecule has 0 heterocycles. The van der Waals surface area contributed by atoms with Crippen molar-refractivity contribution >= 4 is 11.6 Å². The van der Waals surface area contributed by atoms with Crippen molar-refractivity contribution in [2.24, 2.45) is 0 Å². The van der Waals surface area contributed by atoms with Gasteiger partial charge in [-0.15, -0.1) is 11.6 Å². The first kappa shape index (κ1) is 12.0. The summed E-state index contributed by atoms with van der Waals surface area (Å²) < 4.78 is 0. The van der Waals surface area contributed by atoms with Crippen molar-refractivity contribution in [2.75, 3.05) is 0 Å². The predicted octanol–water partition coefficient (Wildman–Crippen LogP) is 5.08. The Kier molecular flexibility index (Phi) is 3.91. The fourth-order valence-electron chi connectivity index (χ4n) is 2.48. The maximum atomic E-state index is 6.06. The van der Waals surface area contributed by atoms with Crippen LogP contribution in [0.25, 0.3) is 0 Å². The molecule has 0 aromatic heterocycles. The second-order valence-electron chi connectivity index (χ2n) is 5.22. The van der Waals surface area contributed by atoms with E-state index in [2.05, 4.69) is 38.1 Å². The molecule has 0 aliphatic heterocycles. The Labute approximate surface area is 104 Å². The Morgan fingerprint density at radius 3 is 2.62 bits per heavy atom. The number of rotatable bonds is 4. The van der Waals surface area contributed by atoms with Crippen LogP contribution in [0.2, 0.25) is 0 Å². The van der Waals surface area contributed by atoms with Crippen LogP contribution in [0.4, 0.5) is 0 Å². The zero-order valence-electron chi connectivity index (χ0n) is 10.2. The first-order valence-electron chi connectivity index (χ1n) is 6.40. The van der Waals surface area contributed by atoms with Crippen LogP contribution in [0.1, 0.15) is 62.5 Å². The van der Waals surface area contributed by atoms with E-state index in [4.69, 9.17) is 11.6 Å².